The third-order valence-electron chi connectivity index (χ3n) is 3.61. The molecule has 1 heterocycles. The molecule has 3 unspecified atom stereocenters. The van der Waals surface area contributed by atoms with Gasteiger partial charge in [0.25, 0.3) is 5.91 Å². The van der Waals surface area contributed by atoms with E-state index in [1.165, 1.54) is 0 Å². The number of benzene rings is 1. The maximum absolute atomic E-state index is 12.6. The summed E-state index contributed by atoms with van der Waals surface area (Å²) < 4.78 is 0. The lowest BCUT2D eigenvalue weighted by Crippen LogP contribution is -2.60. The van der Waals surface area contributed by atoms with Gasteiger partial charge in [0.15, 0.2) is 0 Å². The van der Waals surface area contributed by atoms with Gasteiger partial charge in [-0.3, -0.25) is 9.59 Å². The van der Waals surface area contributed by atoms with Crippen LogP contribution in [0.1, 0.15) is 31.9 Å². The molecular formula is C16H18N2O2. The number of carbonyl (C=O) groups excluding carboxylic acids is 2. The first-order valence-corrected chi connectivity index (χ1v) is 6.67. The Balaban J connectivity index is 2.31. The molecule has 0 radical (unpaired) electrons. The highest BCUT2D eigenvalue weighted by Gasteiger charge is 2.40. The zero-order valence-corrected chi connectivity index (χ0v) is 11.7. The van der Waals surface area contributed by atoms with Crippen LogP contribution in [-0.2, 0) is 9.59 Å². The summed E-state index contributed by atoms with van der Waals surface area (Å²) in [5, 5.41) is 2.78. The molecule has 4 nitrogen and oxygen atoms in total. The lowest BCUT2D eigenvalue weighted by molar-refractivity contribution is -0.151. The van der Waals surface area contributed by atoms with E-state index in [2.05, 4.69) is 11.2 Å². The van der Waals surface area contributed by atoms with Crippen molar-refractivity contribution in [2.75, 3.05) is 0 Å². The van der Waals surface area contributed by atoms with E-state index in [1.54, 1.807) is 11.8 Å². The molecule has 1 aliphatic rings. The molecule has 2 amide bonds. The third kappa shape index (κ3) is 2.53. The number of piperazine rings is 1. The van der Waals surface area contributed by atoms with E-state index in [0.29, 0.717) is 6.42 Å². The Bertz CT molecular complexity index is 547. The van der Waals surface area contributed by atoms with Crippen molar-refractivity contribution >= 4 is 11.8 Å². The number of rotatable bonds is 3. The van der Waals surface area contributed by atoms with E-state index < -0.39 is 12.1 Å². The molecule has 4 heteroatoms. The van der Waals surface area contributed by atoms with Crippen LogP contribution in [0.15, 0.2) is 30.3 Å². The van der Waals surface area contributed by atoms with Crippen LogP contribution in [0.2, 0.25) is 0 Å². The standard InChI is InChI=1S/C16H18N2O2/c1-4-8-11(2)18-12(3)15(19)17-14(16(18)20)13-9-6-5-7-10-13/h1,5-7,9-12,14H,8H2,2-3H3,(H,17,19). The largest absolute Gasteiger partial charge is 0.339 e. The Morgan fingerprint density at radius 3 is 2.60 bits per heavy atom. The molecule has 2 rings (SSSR count). The quantitative estimate of drug-likeness (QED) is 0.846. The van der Waals surface area contributed by atoms with Gasteiger partial charge in [0.1, 0.15) is 12.1 Å². The van der Waals surface area contributed by atoms with E-state index in [9.17, 15) is 9.59 Å². The van der Waals surface area contributed by atoms with Crippen molar-refractivity contribution in [2.24, 2.45) is 0 Å². The maximum atomic E-state index is 12.6. The van der Waals surface area contributed by atoms with E-state index in [0.717, 1.165) is 5.56 Å². The minimum Gasteiger partial charge on any atom is -0.339 e. The molecule has 1 aromatic rings. The fourth-order valence-corrected chi connectivity index (χ4v) is 2.53. The van der Waals surface area contributed by atoms with Crippen LogP contribution in [0, 0.1) is 12.3 Å². The molecule has 3 atom stereocenters. The minimum atomic E-state index is -0.625. The Kier molecular flexibility index (Phi) is 4.09. The Morgan fingerprint density at radius 1 is 1.35 bits per heavy atom. The van der Waals surface area contributed by atoms with Crippen LogP contribution in [0.5, 0.6) is 0 Å². The molecule has 1 aliphatic heterocycles. The second kappa shape index (κ2) is 5.79. The van der Waals surface area contributed by atoms with Gasteiger partial charge in [-0.15, -0.1) is 12.3 Å². The summed E-state index contributed by atoms with van der Waals surface area (Å²) in [4.78, 5) is 26.3. The van der Waals surface area contributed by atoms with Gasteiger partial charge in [-0.1, -0.05) is 30.3 Å². The maximum Gasteiger partial charge on any atom is 0.250 e. The fourth-order valence-electron chi connectivity index (χ4n) is 2.53. The molecule has 20 heavy (non-hydrogen) atoms. The van der Waals surface area contributed by atoms with Crippen molar-refractivity contribution < 1.29 is 9.59 Å². The van der Waals surface area contributed by atoms with E-state index >= 15 is 0 Å². The number of carbonyl (C=O) groups is 2. The first kappa shape index (κ1) is 14.1. The van der Waals surface area contributed by atoms with E-state index in [-0.39, 0.29) is 17.9 Å². The molecule has 0 aromatic heterocycles. The van der Waals surface area contributed by atoms with Gasteiger partial charge in [-0.05, 0) is 19.4 Å². The van der Waals surface area contributed by atoms with Crippen LogP contribution in [0.3, 0.4) is 0 Å². The molecule has 0 saturated carbocycles. The topological polar surface area (TPSA) is 49.4 Å². The molecule has 104 valence electrons. The van der Waals surface area contributed by atoms with Gasteiger partial charge in [0, 0.05) is 12.5 Å². The lowest BCUT2D eigenvalue weighted by Gasteiger charge is -2.40. The Hall–Kier alpha value is -2.28. The monoisotopic (exact) mass is 270 g/mol. The van der Waals surface area contributed by atoms with E-state index in [4.69, 9.17) is 6.42 Å². The Labute approximate surface area is 119 Å². The highest BCUT2D eigenvalue weighted by molar-refractivity contribution is 5.97. The molecule has 1 saturated heterocycles. The van der Waals surface area contributed by atoms with Crippen molar-refractivity contribution in [1.82, 2.24) is 10.2 Å². The van der Waals surface area contributed by atoms with Crippen LogP contribution < -0.4 is 5.32 Å². The summed E-state index contributed by atoms with van der Waals surface area (Å²) in [6.07, 6.45) is 5.75. The summed E-state index contributed by atoms with van der Waals surface area (Å²) in [6.45, 7) is 3.59. The number of nitrogens with zero attached hydrogens (tertiary/aromatic N) is 1. The fraction of sp³-hybridized carbons (Fsp3) is 0.375. The molecule has 1 aromatic carbocycles. The summed E-state index contributed by atoms with van der Waals surface area (Å²) in [6, 6.07) is 7.97. The average molecular weight is 270 g/mol. The molecule has 0 bridgehead atoms. The van der Waals surface area contributed by atoms with Crippen molar-refractivity contribution in [3.63, 3.8) is 0 Å². The number of nitrogens with one attached hydrogen (secondary N) is 1. The predicted octanol–water partition coefficient (Wildman–Crippen LogP) is 1.49. The van der Waals surface area contributed by atoms with Crippen LogP contribution in [0.25, 0.3) is 0 Å². The number of terminal acetylenes is 1. The average Bonchev–Trinajstić information content (AvgIpc) is 2.44. The van der Waals surface area contributed by atoms with Gasteiger partial charge in [-0.25, -0.2) is 0 Å². The van der Waals surface area contributed by atoms with Crippen LogP contribution >= 0.6 is 0 Å². The second-order valence-corrected chi connectivity index (χ2v) is 5.03. The molecule has 1 N–H and O–H groups in total. The highest BCUT2D eigenvalue weighted by Crippen LogP contribution is 2.24. The van der Waals surface area contributed by atoms with Crippen molar-refractivity contribution in [2.45, 2.75) is 38.4 Å². The van der Waals surface area contributed by atoms with Crippen molar-refractivity contribution in [3.05, 3.63) is 35.9 Å². The Morgan fingerprint density at radius 2 is 2.00 bits per heavy atom. The van der Waals surface area contributed by atoms with Gasteiger partial charge < -0.3 is 10.2 Å². The smallest absolute Gasteiger partial charge is 0.250 e. The van der Waals surface area contributed by atoms with Gasteiger partial charge in [0.2, 0.25) is 5.91 Å². The molecule has 0 aliphatic carbocycles. The van der Waals surface area contributed by atoms with Gasteiger partial charge in [-0.2, -0.15) is 0 Å². The molecule has 1 fully saturated rings. The normalized spacial score (nSPS) is 23.9. The highest BCUT2D eigenvalue weighted by atomic mass is 16.2. The first-order chi connectivity index (χ1) is 9.56. The second-order valence-electron chi connectivity index (χ2n) is 5.03. The molecular weight excluding hydrogens is 252 g/mol. The summed E-state index contributed by atoms with van der Waals surface area (Å²) in [7, 11) is 0. The first-order valence-electron chi connectivity index (χ1n) is 6.67. The zero-order chi connectivity index (χ0) is 14.7. The number of hydrogen-bond donors (Lipinski definition) is 1. The van der Waals surface area contributed by atoms with E-state index in [1.807, 2.05) is 37.3 Å². The van der Waals surface area contributed by atoms with Crippen molar-refractivity contribution in [3.8, 4) is 12.3 Å². The number of hydrogen-bond acceptors (Lipinski definition) is 2. The zero-order valence-electron chi connectivity index (χ0n) is 11.7. The predicted molar refractivity (Wildman–Crippen MR) is 76.5 cm³/mol. The summed E-state index contributed by atoms with van der Waals surface area (Å²) in [5.74, 6) is 2.29. The summed E-state index contributed by atoms with van der Waals surface area (Å²) >= 11 is 0. The lowest BCUT2D eigenvalue weighted by atomic mass is 9.98. The van der Waals surface area contributed by atoms with Gasteiger partial charge >= 0.3 is 0 Å². The molecule has 0 spiro atoms. The summed E-state index contributed by atoms with van der Waals surface area (Å²) in [5.41, 5.74) is 0.788. The number of amides is 2. The SMILES string of the molecule is C#CCC(C)N1C(=O)C(c2ccccc2)NC(=O)C1C. The van der Waals surface area contributed by atoms with Crippen LogP contribution in [-0.4, -0.2) is 28.8 Å². The van der Waals surface area contributed by atoms with Gasteiger partial charge in [0.05, 0.1) is 0 Å². The third-order valence-corrected chi connectivity index (χ3v) is 3.61. The van der Waals surface area contributed by atoms with Crippen LogP contribution in [0.4, 0.5) is 0 Å². The van der Waals surface area contributed by atoms with Crippen molar-refractivity contribution in [1.29, 1.82) is 0 Å². The minimum absolute atomic E-state index is 0.106.